The van der Waals surface area contributed by atoms with Gasteiger partial charge in [0.05, 0.1) is 0 Å². The number of hydrogen-bond acceptors (Lipinski definition) is 2. The van der Waals surface area contributed by atoms with E-state index in [4.69, 9.17) is 0 Å². The Hall–Kier alpha value is -2.13. The van der Waals surface area contributed by atoms with Crippen molar-refractivity contribution in [2.75, 3.05) is 20.1 Å². The van der Waals surface area contributed by atoms with Crippen LogP contribution in [0, 0.1) is 0 Å². The summed E-state index contributed by atoms with van der Waals surface area (Å²) in [5.74, 6) is 0.131. The van der Waals surface area contributed by atoms with Crippen LogP contribution in [0.1, 0.15) is 61.9 Å². The highest BCUT2D eigenvalue weighted by Gasteiger charge is 2.37. The van der Waals surface area contributed by atoms with Crippen LogP contribution in [0.25, 0.3) is 0 Å². The van der Waals surface area contributed by atoms with E-state index < -0.39 is 0 Å². The van der Waals surface area contributed by atoms with E-state index in [1.165, 1.54) is 36.8 Å². The summed E-state index contributed by atoms with van der Waals surface area (Å²) in [6, 6.07) is 9.76. The van der Waals surface area contributed by atoms with Crippen LogP contribution in [0.15, 0.2) is 59.2 Å². The average molecular weight is 391 g/mol. The number of amides is 1. The van der Waals surface area contributed by atoms with Gasteiger partial charge < -0.3 is 4.90 Å². The first kappa shape index (κ1) is 20.2. The first-order chi connectivity index (χ1) is 14.1. The van der Waals surface area contributed by atoms with Gasteiger partial charge in [-0.05, 0) is 88.3 Å². The smallest absolute Gasteiger partial charge is 0.253 e. The van der Waals surface area contributed by atoms with Gasteiger partial charge in [-0.1, -0.05) is 35.9 Å². The third-order valence-electron chi connectivity index (χ3n) is 7.17. The Labute approximate surface area is 175 Å². The van der Waals surface area contributed by atoms with Gasteiger partial charge in [-0.15, -0.1) is 0 Å². The zero-order chi connectivity index (χ0) is 20.4. The molecule has 1 aromatic carbocycles. The fourth-order valence-electron chi connectivity index (χ4n) is 5.30. The summed E-state index contributed by atoms with van der Waals surface area (Å²) in [6.07, 6.45) is 14.0. The van der Waals surface area contributed by atoms with Gasteiger partial charge in [0.25, 0.3) is 5.91 Å². The van der Waals surface area contributed by atoms with Gasteiger partial charge in [0.1, 0.15) is 0 Å². The minimum absolute atomic E-state index is 0.131. The van der Waals surface area contributed by atoms with Crippen molar-refractivity contribution in [3.63, 3.8) is 0 Å². The van der Waals surface area contributed by atoms with Gasteiger partial charge in [0.2, 0.25) is 0 Å². The van der Waals surface area contributed by atoms with E-state index in [0.29, 0.717) is 0 Å². The summed E-state index contributed by atoms with van der Waals surface area (Å²) in [7, 11) is 2.31. The van der Waals surface area contributed by atoms with Crippen molar-refractivity contribution in [2.45, 2.75) is 64.5 Å². The van der Waals surface area contributed by atoms with Gasteiger partial charge in [0, 0.05) is 30.7 Å². The minimum atomic E-state index is 0.131. The molecule has 4 rings (SSSR count). The van der Waals surface area contributed by atoms with Crippen molar-refractivity contribution in [3.05, 3.63) is 70.3 Å². The van der Waals surface area contributed by atoms with Crippen LogP contribution in [-0.2, 0) is 6.42 Å². The molecule has 0 spiro atoms. The lowest BCUT2D eigenvalue weighted by Crippen LogP contribution is -2.37. The molecule has 154 valence electrons. The molecule has 2 unspecified atom stereocenters. The van der Waals surface area contributed by atoms with Crippen LogP contribution in [0.2, 0.25) is 0 Å². The molecule has 3 nitrogen and oxygen atoms in total. The summed E-state index contributed by atoms with van der Waals surface area (Å²) in [5.41, 5.74) is 6.83. The molecule has 2 aliphatic heterocycles. The lowest BCUT2D eigenvalue weighted by atomic mass is 9.84. The second-order valence-corrected chi connectivity index (χ2v) is 8.72. The molecule has 29 heavy (non-hydrogen) atoms. The number of carbonyl (C=O) groups excluding carboxylic acids is 1. The van der Waals surface area contributed by atoms with Crippen LogP contribution >= 0.6 is 0 Å². The largest absolute Gasteiger partial charge is 0.339 e. The van der Waals surface area contributed by atoms with Gasteiger partial charge in [-0.2, -0.15) is 0 Å². The zero-order valence-corrected chi connectivity index (χ0v) is 18.2. The van der Waals surface area contributed by atoms with E-state index in [2.05, 4.69) is 42.3 Å². The van der Waals surface area contributed by atoms with Crippen LogP contribution in [0.5, 0.6) is 0 Å². The number of fused-ring (bicyclic) bond motifs is 2. The van der Waals surface area contributed by atoms with Crippen LogP contribution in [0.4, 0.5) is 0 Å². The zero-order valence-electron chi connectivity index (χ0n) is 18.2. The van der Waals surface area contributed by atoms with Crippen molar-refractivity contribution in [1.82, 2.24) is 9.80 Å². The van der Waals surface area contributed by atoms with Crippen molar-refractivity contribution < 1.29 is 4.79 Å². The van der Waals surface area contributed by atoms with E-state index in [9.17, 15) is 4.79 Å². The van der Waals surface area contributed by atoms with E-state index >= 15 is 0 Å². The quantitative estimate of drug-likeness (QED) is 0.694. The standard InChI is InChI=1S/C26H34N2O/c1-4-28(5-2)26(29)20-12-10-19(11-13-20)16-21-8-6-7-9-25(21)22-17-23-14-15-24(18-22)27(23)3/h6-8,10-13,23-24H,4-5,9,14-18H2,1-3H3. The Morgan fingerprint density at radius 1 is 1.07 bits per heavy atom. The van der Waals surface area contributed by atoms with Gasteiger partial charge in [-0.25, -0.2) is 0 Å². The molecule has 2 saturated heterocycles. The SMILES string of the molecule is CCN(CC)C(=O)c1ccc(CC2=CC=CCC2=C2CC3CCC(C2)N3C)cc1. The maximum absolute atomic E-state index is 12.6. The van der Waals surface area contributed by atoms with Crippen molar-refractivity contribution in [1.29, 1.82) is 0 Å². The lowest BCUT2D eigenvalue weighted by Gasteiger charge is -2.35. The third kappa shape index (κ3) is 4.11. The number of hydrogen-bond donors (Lipinski definition) is 0. The third-order valence-corrected chi connectivity index (χ3v) is 7.17. The van der Waals surface area contributed by atoms with E-state index in [1.807, 2.05) is 30.9 Å². The number of allylic oxidation sites excluding steroid dienone is 5. The highest BCUT2D eigenvalue weighted by atomic mass is 16.2. The van der Waals surface area contributed by atoms with E-state index in [1.54, 1.807) is 11.1 Å². The molecule has 0 saturated carbocycles. The Morgan fingerprint density at radius 3 is 2.34 bits per heavy atom. The summed E-state index contributed by atoms with van der Waals surface area (Å²) in [5, 5.41) is 0. The molecule has 0 N–H and O–H groups in total. The molecule has 1 aliphatic carbocycles. The molecule has 1 amide bonds. The number of rotatable bonds is 5. The minimum Gasteiger partial charge on any atom is -0.339 e. The molecular weight excluding hydrogens is 356 g/mol. The number of carbonyl (C=O) groups is 1. The number of piperidine rings is 1. The molecule has 0 aromatic heterocycles. The predicted octanol–water partition coefficient (Wildman–Crippen LogP) is 5.15. The average Bonchev–Trinajstić information content (AvgIpc) is 2.95. The Bertz CT molecular complexity index is 826. The summed E-state index contributed by atoms with van der Waals surface area (Å²) < 4.78 is 0. The molecule has 2 atom stereocenters. The molecule has 2 bridgehead atoms. The fraction of sp³-hybridized carbons (Fsp3) is 0.500. The van der Waals surface area contributed by atoms with Gasteiger partial charge in [-0.3, -0.25) is 9.69 Å². The van der Waals surface area contributed by atoms with E-state index in [0.717, 1.165) is 43.6 Å². The maximum atomic E-state index is 12.6. The highest BCUT2D eigenvalue weighted by molar-refractivity contribution is 5.94. The topological polar surface area (TPSA) is 23.6 Å². The molecule has 2 heterocycles. The van der Waals surface area contributed by atoms with Gasteiger partial charge in [0.15, 0.2) is 0 Å². The molecule has 2 fully saturated rings. The predicted molar refractivity (Wildman–Crippen MR) is 120 cm³/mol. The van der Waals surface area contributed by atoms with Gasteiger partial charge >= 0.3 is 0 Å². The van der Waals surface area contributed by atoms with Crippen molar-refractivity contribution in [2.24, 2.45) is 0 Å². The van der Waals surface area contributed by atoms with Crippen molar-refractivity contribution >= 4 is 5.91 Å². The first-order valence-electron chi connectivity index (χ1n) is 11.3. The number of benzene rings is 1. The Kier molecular flexibility index (Phi) is 6.05. The summed E-state index contributed by atoms with van der Waals surface area (Å²) in [4.78, 5) is 17.0. The second kappa shape index (κ2) is 8.71. The molecule has 0 radical (unpaired) electrons. The maximum Gasteiger partial charge on any atom is 0.253 e. The van der Waals surface area contributed by atoms with Crippen molar-refractivity contribution in [3.8, 4) is 0 Å². The molecule has 1 aromatic rings. The summed E-state index contributed by atoms with van der Waals surface area (Å²) in [6.45, 7) is 5.57. The number of nitrogens with zero attached hydrogens (tertiary/aromatic N) is 2. The monoisotopic (exact) mass is 390 g/mol. The molecule has 3 aliphatic rings. The fourth-order valence-corrected chi connectivity index (χ4v) is 5.30. The second-order valence-electron chi connectivity index (χ2n) is 8.72. The normalized spacial score (nSPS) is 24.0. The summed E-state index contributed by atoms with van der Waals surface area (Å²) >= 11 is 0. The van der Waals surface area contributed by atoms with Crippen LogP contribution < -0.4 is 0 Å². The van der Waals surface area contributed by atoms with E-state index in [-0.39, 0.29) is 5.91 Å². The first-order valence-corrected chi connectivity index (χ1v) is 11.3. The van der Waals surface area contributed by atoms with Crippen LogP contribution in [0.3, 0.4) is 0 Å². The highest BCUT2D eigenvalue weighted by Crippen LogP contribution is 2.41. The van der Waals surface area contributed by atoms with Crippen LogP contribution in [-0.4, -0.2) is 47.9 Å². The lowest BCUT2D eigenvalue weighted by molar-refractivity contribution is 0.0773. The Balaban J connectivity index is 1.51. The molecule has 3 heteroatoms. The Morgan fingerprint density at radius 2 is 1.72 bits per heavy atom. The molecular formula is C26H34N2O.